The predicted molar refractivity (Wildman–Crippen MR) is 83.6 cm³/mol. The number of nitrogens with one attached hydrogen (secondary N) is 1. The van der Waals surface area contributed by atoms with Crippen LogP contribution >= 0.6 is 11.8 Å². The minimum Gasteiger partial charge on any atom is -0.308 e. The van der Waals surface area contributed by atoms with Gasteiger partial charge >= 0.3 is 0 Å². The van der Waals surface area contributed by atoms with E-state index in [2.05, 4.69) is 43.3 Å². The minimum atomic E-state index is 0.362. The zero-order valence-electron chi connectivity index (χ0n) is 12.7. The zero-order valence-corrected chi connectivity index (χ0v) is 13.5. The first-order chi connectivity index (χ1) is 9.22. The van der Waals surface area contributed by atoms with Gasteiger partial charge in [-0.3, -0.25) is 0 Å². The lowest BCUT2D eigenvalue weighted by atomic mass is 10.2. The van der Waals surface area contributed by atoms with Crippen molar-refractivity contribution in [1.82, 2.24) is 20.3 Å². The van der Waals surface area contributed by atoms with E-state index in [9.17, 15) is 0 Å². The molecule has 5 heteroatoms. The van der Waals surface area contributed by atoms with Gasteiger partial charge in [0.05, 0.1) is 17.9 Å². The molecular weight excluding hydrogens is 256 g/mol. The van der Waals surface area contributed by atoms with Crippen LogP contribution in [0.25, 0.3) is 0 Å². The molecule has 0 saturated carbocycles. The van der Waals surface area contributed by atoms with Gasteiger partial charge in [0.2, 0.25) is 0 Å². The van der Waals surface area contributed by atoms with Gasteiger partial charge in [-0.25, -0.2) is 4.68 Å². The molecule has 0 saturated heterocycles. The van der Waals surface area contributed by atoms with Crippen LogP contribution in [0, 0.1) is 0 Å². The Hall–Kier alpha value is -0.550. The molecule has 2 unspecified atom stereocenters. The maximum absolute atomic E-state index is 4.20. The van der Waals surface area contributed by atoms with Gasteiger partial charge in [0.1, 0.15) is 0 Å². The Kier molecular flexibility index (Phi) is 8.14. The summed E-state index contributed by atoms with van der Waals surface area (Å²) in [5, 5.41) is 12.6. The Bertz CT molecular complexity index is 340. The van der Waals surface area contributed by atoms with Gasteiger partial charge in [-0.05, 0) is 25.8 Å². The lowest BCUT2D eigenvalue weighted by Gasteiger charge is -2.20. The molecule has 0 spiro atoms. The van der Waals surface area contributed by atoms with E-state index in [0.29, 0.717) is 11.3 Å². The first-order valence-corrected chi connectivity index (χ1v) is 8.51. The first kappa shape index (κ1) is 16.5. The number of thioether (sulfide) groups is 1. The average molecular weight is 284 g/mol. The molecular formula is C14H28N4S. The summed E-state index contributed by atoms with van der Waals surface area (Å²) in [6.07, 6.45) is 5.38. The summed E-state index contributed by atoms with van der Waals surface area (Å²) < 4.78 is 2.05. The van der Waals surface area contributed by atoms with Gasteiger partial charge in [0.15, 0.2) is 0 Å². The van der Waals surface area contributed by atoms with Gasteiger partial charge in [-0.15, -0.1) is 5.10 Å². The monoisotopic (exact) mass is 284 g/mol. The van der Waals surface area contributed by atoms with Crippen LogP contribution in [0.1, 0.15) is 58.7 Å². The van der Waals surface area contributed by atoms with Crippen molar-refractivity contribution < 1.29 is 0 Å². The van der Waals surface area contributed by atoms with Crippen molar-refractivity contribution in [3.05, 3.63) is 11.9 Å². The highest BCUT2D eigenvalue weighted by atomic mass is 32.2. The number of hydrogen-bond acceptors (Lipinski definition) is 4. The maximum Gasteiger partial charge on any atom is 0.0764 e. The van der Waals surface area contributed by atoms with Crippen molar-refractivity contribution in [1.29, 1.82) is 0 Å². The molecule has 0 aliphatic heterocycles. The van der Waals surface area contributed by atoms with Gasteiger partial charge in [0, 0.05) is 17.5 Å². The van der Waals surface area contributed by atoms with Crippen LogP contribution in [0.4, 0.5) is 0 Å². The summed E-state index contributed by atoms with van der Waals surface area (Å²) in [6, 6.07) is 0.362. The van der Waals surface area contributed by atoms with Crippen LogP contribution < -0.4 is 5.32 Å². The molecule has 4 nitrogen and oxygen atoms in total. The zero-order chi connectivity index (χ0) is 14.1. The first-order valence-electron chi connectivity index (χ1n) is 7.46. The molecule has 0 radical (unpaired) electrons. The summed E-state index contributed by atoms with van der Waals surface area (Å²) in [7, 11) is 0. The van der Waals surface area contributed by atoms with Crippen LogP contribution in [0.2, 0.25) is 0 Å². The largest absolute Gasteiger partial charge is 0.308 e. The van der Waals surface area contributed by atoms with E-state index in [1.54, 1.807) is 0 Å². The lowest BCUT2D eigenvalue weighted by Crippen LogP contribution is -2.27. The third-order valence-corrected chi connectivity index (χ3v) is 4.63. The molecule has 2 atom stereocenters. The highest BCUT2D eigenvalue weighted by molar-refractivity contribution is 7.99. The number of hydrogen-bond donors (Lipinski definition) is 1. The fourth-order valence-corrected chi connectivity index (χ4v) is 2.91. The number of aryl methyl sites for hydroxylation is 1. The van der Waals surface area contributed by atoms with E-state index >= 15 is 0 Å². The highest BCUT2D eigenvalue weighted by Gasteiger charge is 2.17. The van der Waals surface area contributed by atoms with Crippen LogP contribution in [0.15, 0.2) is 6.20 Å². The highest BCUT2D eigenvalue weighted by Crippen LogP contribution is 2.22. The SMILES string of the molecule is CCCNC(CSC(C)CC)c1cnnn1CCC. The van der Waals surface area contributed by atoms with Gasteiger partial charge in [0.25, 0.3) is 0 Å². The van der Waals surface area contributed by atoms with Crippen molar-refractivity contribution in [2.24, 2.45) is 0 Å². The molecule has 0 aliphatic rings. The molecule has 0 aliphatic carbocycles. The van der Waals surface area contributed by atoms with Crippen molar-refractivity contribution in [2.75, 3.05) is 12.3 Å². The van der Waals surface area contributed by atoms with E-state index in [1.807, 2.05) is 22.6 Å². The van der Waals surface area contributed by atoms with Crippen LogP contribution in [-0.4, -0.2) is 32.5 Å². The Labute approximate surface area is 121 Å². The molecule has 110 valence electrons. The molecule has 0 bridgehead atoms. The van der Waals surface area contributed by atoms with Crippen LogP contribution in [-0.2, 0) is 6.54 Å². The average Bonchev–Trinajstić information content (AvgIpc) is 2.87. The van der Waals surface area contributed by atoms with Crippen molar-refractivity contribution in [3.63, 3.8) is 0 Å². The predicted octanol–water partition coefficient (Wildman–Crippen LogP) is 3.26. The molecule has 1 rings (SSSR count). The number of rotatable bonds is 10. The third kappa shape index (κ3) is 5.53. The Morgan fingerprint density at radius 2 is 2.11 bits per heavy atom. The van der Waals surface area contributed by atoms with Crippen LogP contribution in [0.3, 0.4) is 0 Å². The molecule has 19 heavy (non-hydrogen) atoms. The molecule has 1 N–H and O–H groups in total. The third-order valence-electron chi connectivity index (χ3n) is 3.20. The molecule has 1 aromatic heterocycles. The van der Waals surface area contributed by atoms with E-state index in [-0.39, 0.29) is 0 Å². The quantitative estimate of drug-likeness (QED) is 0.716. The topological polar surface area (TPSA) is 42.7 Å². The van der Waals surface area contributed by atoms with Crippen LogP contribution in [0.5, 0.6) is 0 Å². The summed E-state index contributed by atoms with van der Waals surface area (Å²) in [5.41, 5.74) is 1.23. The molecule has 0 fully saturated rings. The summed E-state index contributed by atoms with van der Waals surface area (Å²) in [6.45, 7) is 10.9. The Morgan fingerprint density at radius 1 is 1.32 bits per heavy atom. The normalized spacial score (nSPS) is 14.5. The lowest BCUT2D eigenvalue weighted by molar-refractivity contribution is 0.492. The summed E-state index contributed by atoms with van der Waals surface area (Å²) >= 11 is 2.03. The van der Waals surface area contributed by atoms with E-state index < -0.39 is 0 Å². The second-order valence-electron chi connectivity index (χ2n) is 4.94. The van der Waals surface area contributed by atoms with Gasteiger partial charge in [-0.2, -0.15) is 11.8 Å². The second-order valence-corrected chi connectivity index (χ2v) is 6.41. The second kappa shape index (κ2) is 9.37. The molecule has 1 aromatic rings. The number of nitrogens with zero attached hydrogens (tertiary/aromatic N) is 3. The Morgan fingerprint density at radius 3 is 2.74 bits per heavy atom. The smallest absolute Gasteiger partial charge is 0.0764 e. The van der Waals surface area contributed by atoms with Gasteiger partial charge < -0.3 is 5.32 Å². The van der Waals surface area contributed by atoms with E-state index in [1.165, 1.54) is 12.1 Å². The minimum absolute atomic E-state index is 0.362. The molecule has 0 aromatic carbocycles. The van der Waals surface area contributed by atoms with E-state index in [4.69, 9.17) is 0 Å². The number of aromatic nitrogens is 3. The summed E-state index contributed by atoms with van der Waals surface area (Å²) in [5.74, 6) is 1.09. The standard InChI is InChI=1S/C14H28N4S/c1-5-8-15-13(11-19-12(4)7-3)14-10-16-17-18(14)9-6-2/h10,12-13,15H,5-9,11H2,1-4H3. The molecule has 1 heterocycles. The van der Waals surface area contributed by atoms with Crippen molar-refractivity contribution >= 4 is 11.8 Å². The fourth-order valence-electron chi connectivity index (χ4n) is 1.87. The van der Waals surface area contributed by atoms with E-state index in [0.717, 1.165) is 31.7 Å². The molecule has 0 amide bonds. The van der Waals surface area contributed by atoms with Crippen molar-refractivity contribution in [2.45, 2.75) is 64.8 Å². The fraction of sp³-hybridized carbons (Fsp3) is 0.857. The summed E-state index contributed by atoms with van der Waals surface area (Å²) in [4.78, 5) is 0. The maximum atomic E-state index is 4.20. The van der Waals surface area contributed by atoms with Crippen molar-refractivity contribution in [3.8, 4) is 0 Å². The van der Waals surface area contributed by atoms with Gasteiger partial charge in [-0.1, -0.05) is 32.9 Å². The Balaban J connectivity index is 2.68.